The minimum absolute atomic E-state index is 0.0104. The smallest absolute Gasteiger partial charge is 0.338 e. The zero-order valence-corrected chi connectivity index (χ0v) is 11.0. The van der Waals surface area contributed by atoms with E-state index in [4.69, 9.17) is 9.84 Å². The molecule has 2 N–H and O–H groups in total. The van der Waals surface area contributed by atoms with Gasteiger partial charge in [0, 0.05) is 19.4 Å². The van der Waals surface area contributed by atoms with Crippen molar-refractivity contribution >= 4 is 21.7 Å². The van der Waals surface area contributed by atoms with Crippen LogP contribution in [0.4, 0.5) is 10.1 Å². The van der Waals surface area contributed by atoms with E-state index in [0.717, 1.165) is 18.2 Å². The minimum Gasteiger partial charge on any atom is -0.478 e. The second kappa shape index (κ2) is 6.48. The largest absolute Gasteiger partial charge is 0.478 e. The number of carboxylic acid groups (broad SMARTS) is 1. The summed E-state index contributed by atoms with van der Waals surface area (Å²) in [6.07, 6.45) is 0.304. The zero-order chi connectivity index (χ0) is 14.5. The third kappa shape index (κ3) is 4.84. The summed E-state index contributed by atoms with van der Waals surface area (Å²) in [5, 5.41) is 8.73. The number of sulfonamides is 1. The number of carbonyl (C=O) groups is 1. The molecular formula is C11H14FNO5S. The maximum Gasteiger partial charge on any atom is 0.338 e. The fourth-order valence-corrected chi connectivity index (χ4v) is 2.46. The van der Waals surface area contributed by atoms with Crippen molar-refractivity contribution in [2.75, 3.05) is 24.2 Å². The molecule has 1 aromatic carbocycles. The van der Waals surface area contributed by atoms with Gasteiger partial charge in [0.05, 0.1) is 11.3 Å². The number of hydrogen-bond acceptors (Lipinski definition) is 4. The molecule has 0 amide bonds. The zero-order valence-electron chi connectivity index (χ0n) is 10.2. The lowest BCUT2D eigenvalue weighted by atomic mass is 10.2. The lowest BCUT2D eigenvalue weighted by molar-refractivity contribution is 0.0692. The van der Waals surface area contributed by atoms with E-state index in [0.29, 0.717) is 13.0 Å². The van der Waals surface area contributed by atoms with E-state index in [9.17, 15) is 17.6 Å². The van der Waals surface area contributed by atoms with Crippen LogP contribution >= 0.6 is 0 Å². The highest BCUT2D eigenvalue weighted by Gasteiger charge is 2.14. The van der Waals surface area contributed by atoms with Gasteiger partial charge in [-0.05, 0) is 24.6 Å². The Morgan fingerprint density at radius 1 is 1.47 bits per heavy atom. The van der Waals surface area contributed by atoms with E-state index in [-0.39, 0.29) is 11.4 Å². The topological polar surface area (TPSA) is 92.7 Å². The van der Waals surface area contributed by atoms with Gasteiger partial charge in [0.1, 0.15) is 5.82 Å². The van der Waals surface area contributed by atoms with Crippen LogP contribution in [0.3, 0.4) is 0 Å². The Labute approximate surface area is 110 Å². The molecule has 106 valence electrons. The van der Waals surface area contributed by atoms with Crippen molar-refractivity contribution in [3.05, 3.63) is 29.6 Å². The van der Waals surface area contributed by atoms with E-state index >= 15 is 0 Å². The Hall–Kier alpha value is -1.67. The van der Waals surface area contributed by atoms with Gasteiger partial charge in [0.25, 0.3) is 0 Å². The fourth-order valence-electron chi connectivity index (χ4n) is 1.38. The molecule has 6 nitrogen and oxygen atoms in total. The second-order valence-electron chi connectivity index (χ2n) is 3.77. The van der Waals surface area contributed by atoms with Gasteiger partial charge < -0.3 is 9.84 Å². The van der Waals surface area contributed by atoms with Crippen molar-refractivity contribution < 1.29 is 27.4 Å². The third-order valence-electron chi connectivity index (χ3n) is 2.23. The van der Waals surface area contributed by atoms with Crippen molar-refractivity contribution in [2.45, 2.75) is 6.42 Å². The standard InChI is InChI=1S/C11H14FNO5S/c1-18-5-2-6-19(16,17)13-8-3-4-10(12)9(7-8)11(14)15/h3-4,7,13H,2,5-6H2,1H3,(H,14,15). The Balaban J connectivity index is 2.82. The quantitative estimate of drug-likeness (QED) is 0.739. The number of benzene rings is 1. The summed E-state index contributed by atoms with van der Waals surface area (Å²) < 4.78 is 43.3. The van der Waals surface area contributed by atoms with Crippen LogP contribution in [-0.4, -0.2) is 39.0 Å². The fraction of sp³-hybridized carbons (Fsp3) is 0.364. The van der Waals surface area contributed by atoms with Crippen LogP contribution in [0.15, 0.2) is 18.2 Å². The monoisotopic (exact) mass is 291 g/mol. The molecule has 1 aromatic rings. The van der Waals surface area contributed by atoms with Gasteiger partial charge in [-0.1, -0.05) is 0 Å². The normalized spacial score (nSPS) is 11.3. The van der Waals surface area contributed by atoms with Gasteiger partial charge in [0.2, 0.25) is 10.0 Å². The summed E-state index contributed by atoms with van der Waals surface area (Å²) in [5.41, 5.74) is -0.576. The number of methoxy groups -OCH3 is 1. The molecule has 0 unspecified atom stereocenters. The number of halogens is 1. The first-order chi connectivity index (χ1) is 8.85. The number of carboxylic acids is 1. The molecule has 0 heterocycles. The summed E-state index contributed by atoms with van der Waals surface area (Å²) in [6.45, 7) is 0.296. The molecule has 0 saturated carbocycles. The number of anilines is 1. The Morgan fingerprint density at radius 3 is 2.74 bits per heavy atom. The minimum atomic E-state index is -3.61. The summed E-state index contributed by atoms with van der Waals surface area (Å²) in [5.74, 6) is -2.55. The van der Waals surface area contributed by atoms with Crippen LogP contribution < -0.4 is 4.72 Å². The lowest BCUT2D eigenvalue weighted by Crippen LogP contribution is -2.18. The molecular weight excluding hydrogens is 277 g/mol. The van der Waals surface area contributed by atoms with Crippen molar-refractivity contribution in [1.82, 2.24) is 0 Å². The number of ether oxygens (including phenoxy) is 1. The predicted octanol–water partition coefficient (Wildman–Crippen LogP) is 1.30. The van der Waals surface area contributed by atoms with Crippen LogP contribution in [0.5, 0.6) is 0 Å². The maximum absolute atomic E-state index is 13.1. The van der Waals surface area contributed by atoms with E-state index in [1.54, 1.807) is 0 Å². The molecule has 0 fully saturated rings. The van der Waals surface area contributed by atoms with Crippen molar-refractivity contribution in [3.8, 4) is 0 Å². The number of rotatable bonds is 7. The third-order valence-corrected chi connectivity index (χ3v) is 3.60. The molecule has 1 rings (SSSR count). The van der Waals surface area contributed by atoms with E-state index < -0.39 is 27.4 Å². The summed E-state index contributed by atoms with van der Waals surface area (Å²) in [7, 11) is -2.15. The Kier molecular flexibility index (Phi) is 5.25. The van der Waals surface area contributed by atoms with Gasteiger partial charge in [-0.3, -0.25) is 4.72 Å². The molecule has 0 aromatic heterocycles. The van der Waals surface area contributed by atoms with Crippen LogP contribution in [0.1, 0.15) is 16.8 Å². The average Bonchev–Trinajstić information content (AvgIpc) is 2.31. The van der Waals surface area contributed by atoms with Gasteiger partial charge in [0.15, 0.2) is 0 Å². The SMILES string of the molecule is COCCCS(=O)(=O)Nc1ccc(F)c(C(=O)O)c1. The molecule has 0 radical (unpaired) electrons. The predicted molar refractivity (Wildman–Crippen MR) is 67.3 cm³/mol. The Morgan fingerprint density at radius 2 is 2.16 bits per heavy atom. The molecule has 8 heteroatoms. The van der Waals surface area contributed by atoms with Crippen LogP contribution in [-0.2, 0) is 14.8 Å². The van der Waals surface area contributed by atoms with E-state index in [1.165, 1.54) is 7.11 Å². The van der Waals surface area contributed by atoms with E-state index in [2.05, 4.69) is 4.72 Å². The van der Waals surface area contributed by atoms with Crippen molar-refractivity contribution in [2.24, 2.45) is 0 Å². The van der Waals surface area contributed by atoms with Crippen molar-refractivity contribution in [1.29, 1.82) is 0 Å². The average molecular weight is 291 g/mol. The van der Waals surface area contributed by atoms with Gasteiger partial charge in [-0.2, -0.15) is 0 Å². The lowest BCUT2D eigenvalue weighted by Gasteiger charge is -2.08. The molecule has 19 heavy (non-hydrogen) atoms. The number of nitrogens with one attached hydrogen (secondary N) is 1. The molecule has 0 bridgehead atoms. The molecule has 0 atom stereocenters. The highest BCUT2D eigenvalue weighted by molar-refractivity contribution is 7.92. The summed E-state index contributed by atoms with van der Waals surface area (Å²) >= 11 is 0. The second-order valence-corrected chi connectivity index (χ2v) is 5.61. The Bertz CT molecular complexity index is 558. The van der Waals surface area contributed by atoms with Crippen LogP contribution in [0, 0.1) is 5.82 Å². The van der Waals surface area contributed by atoms with Gasteiger partial charge in [-0.15, -0.1) is 0 Å². The molecule has 0 aliphatic rings. The van der Waals surface area contributed by atoms with Gasteiger partial charge in [-0.25, -0.2) is 17.6 Å². The summed E-state index contributed by atoms with van der Waals surface area (Å²) in [6, 6.07) is 3.00. The number of hydrogen-bond donors (Lipinski definition) is 2. The molecule has 0 aliphatic heterocycles. The van der Waals surface area contributed by atoms with Crippen molar-refractivity contribution in [3.63, 3.8) is 0 Å². The van der Waals surface area contributed by atoms with Crippen LogP contribution in [0.2, 0.25) is 0 Å². The highest BCUT2D eigenvalue weighted by Crippen LogP contribution is 2.16. The van der Waals surface area contributed by atoms with E-state index in [1.807, 2.05) is 0 Å². The first-order valence-corrected chi connectivity index (χ1v) is 7.03. The maximum atomic E-state index is 13.1. The summed E-state index contributed by atoms with van der Waals surface area (Å²) in [4.78, 5) is 10.7. The molecule has 0 saturated heterocycles. The van der Waals surface area contributed by atoms with Gasteiger partial charge >= 0.3 is 5.97 Å². The van der Waals surface area contributed by atoms with Crippen LogP contribution in [0.25, 0.3) is 0 Å². The highest BCUT2D eigenvalue weighted by atomic mass is 32.2. The number of aromatic carboxylic acids is 1. The first-order valence-electron chi connectivity index (χ1n) is 5.38. The molecule has 0 spiro atoms. The first kappa shape index (κ1) is 15.4. The molecule has 0 aliphatic carbocycles.